The molecule has 14 heavy (non-hydrogen) atoms. The number of halogens is 1. The molecule has 0 aliphatic rings. The molecule has 0 bridgehead atoms. The highest BCUT2D eigenvalue weighted by atomic mass is 19.1. The predicted molar refractivity (Wildman–Crippen MR) is 51.2 cm³/mol. The Balaban J connectivity index is 2.19. The van der Waals surface area contributed by atoms with Crippen LogP contribution in [0.25, 0.3) is 0 Å². The lowest BCUT2D eigenvalue weighted by atomic mass is 10.2. The van der Waals surface area contributed by atoms with E-state index in [0.29, 0.717) is 12.1 Å². The normalized spacial score (nSPS) is 10.1. The number of pyridine rings is 2. The lowest BCUT2D eigenvalue weighted by molar-refractivity contribution is 0.578. The third kappa shape index (κ3) is 2.13. The maximum Gasteiger partial charge on any atom is 0.213 e. The summed E-state index contributed by atoms with van der Waals surface area (Å²) in [7, 11) is 0. The van der Waals surface area contributed by atoms with Crippen LogP contribution in [-0.2, 0) is 6.42 Å². The van der Waals surface area contributed by atoms with Crippen molar-refractivity contribution in [3.05, 3.63) is 59.9 Å². The first-order chi connectivity index (χ1) is 6.84. The van der Waals surface area contributed by atoms with Gasteiger partial charge in [0.05, 0.1) is 0 Å². The van der Waals surface area contributed by atoms with Crippen LogP contribution in [-0.4, -0.2) is 9.97 Å². The van der Waals surface area contributed by atoms with E-state index in [9.17, 15) is 4.39 Å². The van der Waals surface area contributed by atoms with Gasteiger partial charge in [0.2, 0.25) is 5.95 Å². The Bertz CT molecular complexity index is 415. The van der Waals surface area contributed by atoms with Crippen molar-refractivity contribution in [2.75, 3.05) is 0 Å². The van der Waals surface area contributed by atoms with Crippen molar-refractivity contribution in [1.82, 2.24) is 9.97 Å². The van der Waals surface area contributed by atoms with Gasteiger partial charge in [-0.05, 0) is 24.3 Å². The highest BCUT2D eigenvalue weighted by molar-refractivity contribution is 5.14. The SMILES string of the molecule is Fc1cccc(Cc2ccccn2)n1. The van der Waals surface area contributed by atoms with Gasteiger partial charge in [-0.3, -0.25) is 4.98 Å². The Morgan fingerprint density at radius 3 is 2.57 bits per heavy atom. The molecule has 0 fully saturated rings. The fourth-order valence-corrected chi connectivity index (χ4v) is 1.24. The number of rotatable bonds is 2. The Kier molecular flexibility index (Phi) is 2.49. The van der Waals surface area contributed by atoms with E-state index in [1.807, 2.05) is 18.2 Å². The van der Waals surface area contributed by atoms with Gasteiger partial charge in [0, 0.05) is 24.0 Å². The molecule has 0 amide bonds. The molecule has 2 aromatic rings. The minimum absolute atomic E-state index is 0.446. The fraction of sp³-hybridized carbons (Fsp3) is 0.0909. The molecule has 0 N–H and O–H groups in total. The van der Waals surface area contributed by atoms with Gasteiger partial charge >= 0.3 is 0 Å². The number of nitrogens with zero attached hydrogens (tertiary/aromatic N) is 2. The van der Waals surface area contributed by atoms with Gasteiger partial charge in [-0.2, -0.15) is 4.39 Å². The van der Waals surface area contributed by atoms with Gasteiger partial charge in [-0.1, -0.05) is 12.1 Å². The molecule has 0 spiro atoms. The van der Waals surface area contributed by atoms with Gasteiger partial charge in [-0.15, -0.1) is 0 Å². The average molecular weight is 188 g/mol. The van der Waals surface area contributed by atoms with Crippen LogP contribution in [0.15, 0.2) is 42.6 Å². The van der Waals surface area contributed by atoms with Crippen molar-refractivity contribution in [2.45, 2.75) is 6.42 Å². The monoisotopic (exact) mass is 188 g/mol. The maximum absolute atomic E-state index is 12.7. The van der Waals surface area contributed by atoms with Crippen LogP contribution in [0.2, 0.25) is 0 Å². The van der Waals surface area contributed by atoms with Crippen LogP contribution in [0.3, 0.4) is 0 Å². The molecule has 2 rings (SSSR count). The molecule has 2 nitrogen and oxygen atoms in total. The quantitative estimate of drug-likeness (QED) is 0.675. The van der Waals surface area contributed by atoms with Crippen LogP contribution < -0.4 is 0 Å². The minimum Gasteiger partial charge on any atom is -0.261 e. The predicted octanol–water partition coefficient (Wildman–Crippen LogP) is 2.21. The topological polar surface area (TPSA) is 25.8 Å². The molecule has 0 aliphatic carbocycles. The van der Waals surface area contributed by atoms with Crippen molar-refractivity contribution < 1.29 is 4.39 Å². The Labute approximate surface area is 81.5 Å². The van der Waals surface area contributed by atoms with Gasteiger partial charge in [-0.25, -0.2) is 4.98 Å². The van der Waals surface area contributed by atoms with E-state index < -0.39 is 5.95 Å². The molecule has 0 saturated heterocycles. The third-order valence-electron chi connectivity index (χ3n) is 1.86. The van der Waals surface area contributed by atoms with Gasteiger partial charge < -0.3 is 0 Å². The first-order valence-electron chi connectivity index (χ1n) is 4.36. The van der Waals surface area contributed by atoms with Crippen LogP contribution in [0.4, 0.5) is 4.39 Å². The van der Waals surface area contributed by atoms with Gasteiger partial charge in [0.25, 0.3) is 0 Å². The lowest BCUT2D eigenvalue weighted by Crippen LogP contribution is -1.95. The highest BCUT2D eigenvalue weighted by Gasteiger charge is 1.99. The van der Waals surface area contributed by atoms with Crippen molar-refractivity contribution >= 4 is 0 Å². The molecular formula is C11H9FN2. The van der Waals surface area contributed by atoms with Crippen LogP contribution in [0.1, 0.15) is 11.4 Å². The van der Waals surface area contributed by atoms with Crippen molar-refractivity contribution in [1.29, 1.82) is 0 Å². The number of hydrogen-bond donors (Lipinski definition) is 0. The first kappa shape index (κ1) is 8.81. The molecule has 0 aromatic carbocycles. The summed E-state index contributed by atoms with van der Waals surface area (Å²) in [5, 5.41) is 0. The summed E-state index contributed by atoms with van der Waals surface area (Å²) in [5.41, 5.74) is 1.59. The molecule has 0 aliphatic heterocycles. The second-order valence-corrected chi connectivity index (χ2v) is 2.95. The van der Waals surface area contributed by atoms with Crippen molar-refractivity contribution in [3.63, 3.8) is 0 Å². The van der Waals surface area contributed by atoms with Crippen molar-refractivity contribution in [2.24, 2.45) is 0 Å². The van der Waals surface area contributed by atoms with E-state index in [0.717, 1.165) is 5.69 Å². The second-order valence-electron chi connectivity index (χ2n) is 2.95. The summed E-state index contributed by atoms with van der Waals surface area (Å²) in [6.07, 6.45) is 2.28. The lowest BCUT2D eigenvalue weighted by Gasteiger charge is -1.99. The molecule has 3 heteroatoms. The molecular weight excluding hydrogens is 179 g/mol. The Morgan fingerprint density at radius 1 is 1.00 bits per heavy atom. The maximum atomic E-state index is 12.7. The van der Waals surface area contributed by atoms with Gasteiger partial charge in [0.15, 0.2) is 0 Å². The number of hydrogen-bond acceptors (Lipinski definition) is 2. The van der Waals surface area contributed by atoms with E-state index in [1.54, 1.807) is 18.3 Å². The van der Waals surface area contributed by atoms with E-state index in [-0.39, 0.29) is 0 Å². The summed E-state index contributed by atoms with van der Waals surface area (Å²) in [5.74, 6) is -0.446. The molecule has 2 heterocycles. The molecule has 0 saturated carbocycles. The second kappa shape index (κ2) is 3.96. The average Bonchev–Trinajstić information content (AvgIpc) is 2.19. The largest absolute Gasteiger partial charge is 0.261 e. The van der Waals surface area contributed by atoms with E-state index in [2.05, 4.69) is 9.97 Å². The zero-order chi connectivity index (χ0) is 9.80. The fourth-order valence-electron chi connectivity index (χ4n) is 1.24. The molecule has 70 valence electrons. The summed E-state index contributed by atoms with van der Waals surface area (Å²) in [6, 6.07) is 10.4. The Hall–Kier alpha value is -1.77. The standard InChI is InChI=1S/C11H9FN2/c12-11-6-3-5-10(14-11)8-9-4-1-2-7-13-9/h1-7H,8H2. The van der Waals surface area contributed by atoms with E-state index in [1.165, 1.54) is 6.07 Å². The summed E-state index contributed by atoms with van der Waals surface area (Å²) in [4.78, 5) is 7.90. The third-order valence-corrected chi connectivity index (χ3v) is 1.86. The number of aromatic nitrogens is 2. The zero-order valence-corrected chi connectivity index (χ0v) is 7.52. The summed E-state index contributed by atoms with van der Waals surface area (Å²) < 4.78 is 12.7. The van der Waals surface area contributed by atoms with Crippen LogP contribution in [0, 0.1) is 5.95 Å². The molecule has 0 radical (unpaired) electrons. The van der Waals surface area contributed by atoms with Crippen molar-refractivity contribution in [3.8, 4) is 0 Å². The van der Waals surface area contributed by atoms with Crippen LogP contribution in [0.5, 0.6) is 0 Å². The molecule has 2 aromatic heterocycles. The summed E-state index contributed by atoms with van der Waals surface area (Å²) in [6.45, 7) is 0. The van der Waals surface area contributed by atoms with E-state index >= 15 is 0 Å². The molecule has 0 unspecified atom stereocenters. The smallest absolute Gasteiger partial charge is 0.213 e. The highest BCUT2D eigenvalue weighted by Crippen LogP contribution is 2.04. The van der Waals surface area contributed by atoms with Gasteiger partial charge in [0.1, 0.15) is 0 Å². The Morgan fingerprint density at radius 2 is 1.86 bits per heavy atom. The van der Waals surface area contributed by atoms with E-state index in [4.69, 9.17) is 0 Å². The summed E-state index contributed by atoms with van der Waals surface area (Å²) >= 11 is 0. The zero-order valence-electron chi connectivity index (χ0n) is 7.52. The first-order valence-corrected chi connectivity index (χ1v) is 4.36. The molecule has 0 atom stereocenters. The minimum atomic E-state index is -0.446. The van der Waals surface area contributed by atoms with Crippen LogP contribution >= 0.6 is 0 Å².